The van der Waals surface area contributed by atoms with Crippen LogP contribution in [0.5, 0.6) is 0 Å². The average molecular weight is 340 g/mol. The number of nitrogens with zero attached hydrogens (tertiary/aromatic N) is 5. The molecule has 1 saturated heterocycles. The van der Waals surface area contributed by atoms with E-state index in [0.717, 1.165) is 24.2 Å². The van der Waals surface area contributed by atoms with E-state index in [1.165, 1.54) is 37.9 Å². The molecule has 2 fully saturated rings. The predicted octanol–water partition coefficient (Wildman–Crippen LogP) is 2.16. The largest absolute Gasteiger partial charge is 0.304 e. The summed E-state index contributed by atoms with van der Waals surface area (Å²) in [5.74, 6) is 2.47. The molecule has 1 aliphatic heterocycles. The molecule has 6 heteroatoms. The molecule has 4 rings (SSSR count). The fourth-order valence-corrected chi connectivity index (χ4v) is 4.74. The highest BCUT2D eigenvalue weighted by Gasteiger charge is 2.40. The van der Waals surface area contributed by atoms with Crippen molar-refractivity contribution in [1.29, 1.82) is 0 Å². The Morgan fingerprint density at radius 1 is 1.20 bits per heavy atom. The molecule has 0 bridgehead atoms. The minimum absolute atomic E-state index is 0.187. The maximum atomic E-state index is 4.17. The Bertz CT molecular complexity index is 684. The zero-order chi connectivity index (χ0) is 17.2. The molecule has 1 saturated carbocycles. The molecule has 1 aromatic carbocycles. The molecule has 0 amide bonds. The van der Waals surface area contributed by atoms with E-state index in [9.17, 15) is 0 Å². The number of benzene rings is 1. The van der Waals surface area contributed by atoms with Crippen molar-refractivity contribution >= 4 is 0 Å². The zero-order valence-corrected chi connectivity index (χ0v) is 15.2. The Morgan fingerprint density at radius 2 is 2.04 bits per heavy atom. The second kappa shape index (κ2) is 7.22. The van der Waals surface area contributed by atoms with E-state index in [0.29, 0.717) is 6.04 Å². The van der Waals surface area contributed by atoms with Crippen molar-refractivity contribution in [3.63, 3.8) is 0 Å². The number of likely N-dealkylation sites (tertiary alicyclic amines) is 1. The summed E-state index contributed by atoms with van der Waals surface area (Å²) < 4.78 is 1.77. The Kier molecular flexibility index (Phi) is 4.81. The predicted molar refractivity (Wildman–Crippen MR) is 96.7 cm³/mol. The number of tetrazole rings is 1. The van der Waals surface area contributed by atoms with Crippen LogP contribution in [0.4, 0.5) is 0 Å². The average Bonchev–Trinajstić information content (AvgIpc) is 3.22. The van der Waals surface area contributed by atoms with Gasteiger partial charge in [0.1, 0.15) is 0 Å². The fraction of sp³-hybridized carbons (Fsp3) is 0.632. The van der Waals surface area contributed by atoms with Crippen LogP contribution in [-0.2, 0) is 13.6 Å². The van der Waals surface area contributed by atoms with Gasteiger partial charge in [0.25, 0.3) is 0 Å². The van der Waals surface area contributed by atoms with E-state index in [2.05, 4.69) is 63.0 Å². The lowest BCUT2D eigenvalue weighted by Gasteiger charge is -2.35. The van der Waals surface area contributed by atoms with Gasteiger partial charge in [0.15, 0.2) is 5.82 Å². The van der Waals surface area contributed by atoms with Crippen molar-refractivity contribution in [1.82, 2.24) is 30.4 Å². The van der Waals surface area contributed by atoms with E-state index in [4.69, 9.17) is 0 Å². The topological polar surface area (TPSA) is 58.9 Å². The van der Waals surface area contributed by atoms with Crippen LogP contribution in [0.15, 0.2) is 30.3 Å². The van der Waals surface area contributed by atoms with Crippen molar-refractivity contribution in [3.8, 4) is 0 Å². The molecule has 2 heterocycles. The van der Waals surface area contributed by atoms with Crippen LogP contribution in [0.2, 0.25) is 0 Å². The monoisotopic (exact) mass is 340 g/mol. The second-order valence-electron chi connectivity index (χ2n) is 7.69. The number of aromatic nitrogens is 4. The van der Waals surface area contributed by atoms with Crippen LogP contribution in [-0.4, -0.2) is 44.2 Å². The van der Waals surface area contributed by atoms with Crippen LogP contribution in [0.25, 0.3) is 0 Å². The van der Waals surface area contributed by atoms with Crippen molar-refractivity contribution in [2.24, 2.45) is 18.9 Å². The molecule has 1 aromatic heterocycles. The first-order valence-corrected chi connectivity index (χ1v) is 9.45. The Morgan fingerprint density at radius 3 is 2.80 bits per heavy atom. The molecule has 134 valence electrons. The number of fused-ring (bicyclic) bond motifs is 1. The van der Waals surface area contributed by atoms with Crippen molar-refractivity contribution in [3.05, 3.63) is 41.7 Å². The van der Waals surface area contributed by atoms with E-state index in [1.807, 2.05) is 7.05 Å². The summed E-state index contributed by atoms with van der Waals surface area (Å²) in [5, 5.41) is 15.7. The molecule has 2 aromatic rings. The molecular weight excluding hydrogens is 312 g/mol. The van der Waals surface area contributed by atoms with Crippen LogP contribution in [0, 0.1) is 11.8 Å². The number of nitrogens with one attached hydrogen (secondary N) is 1. The van der Waals surface area contributed by atoms with Gasteiger partial charge in [0.2, 0.25) is 0 Å². The number of hydrogen-bond donors (Lipinski definition) is 1. The van der Waals surface area contributed by atoms with Gasteiger partial charge in [-0.25, -0.2) is 4.68 Å². The smallest absolute Gasteiger partial charge is 0.167 e. The summed E-state index contributed by atoms with van der Waals surface area (Å²) in [6.07, 6.45) is 3.95. The lowest BCUT2D eigenvalue weighted by atomic mass is 9.78. The Hall–Kier alpha value is -1.79. The van der Waals surface area contributed by atoms with Crippen LogP contribution in [0.3, 0.4) is 0 Å². The summed E-state index contributed by atoms with van der Waals surface area (Å²) in [6.45, 7) is 5.67. The lowest BCUT2D eigenvalue weighted by molar-refractivity contribution is 0.208. The van der Waals surface area contributed by atoms with Gasteiger partial charge < -0.3 is 5.32 Å². The summed E-state index contributed by atoms with van der Waals surface area (Å²) in [5.41, 5.74) is 1.42. The summed E-state index contributed by atoms with van der Waals surface area (Å²) in [4.78, 5) is 2.64. The van der Waals surface area contributed by atoms with Gasteiger partial charge >= 0.3 is 0 Å². The summed E-state index contributed by atoms with van der Waals surface area (Å²) in [6, 6.07) is 11.6. The third-order valence-electron chi connectivity index (χ3n) is 5.93. The number of rotatable bonds is 5. The number of aryl methyl sites for hydroxylation is 1. The quantitative estimate of drug-likeness (QED) is 0.904. The fourth-order valence-electron chi connectivity index (χ4n) is 4.74. The molecule has 1 N–H and O–H groups in total. The van der Waals surface area contributed by atoms with Crippen molar-refractivity contribution < 1.29 is 0 Å². The minimum Gasteiger partial charge on any atom is -0.304 e. The zero-order valence-electron chi connectivity index (χ0n) is 15.2. The highest BCUT2D eigenvalue weighted by Crippen LogP contribution is 2.37. The Balaban J connectivity index is 1.40. The van der Waals surface area contributed by atoms with E-state index in [-0.39, 0.29) is 6.04 Å². The standard InChI is InChI=1S/C19H28N6/c1-14(19-21-22-23-24(19)2)20-18-10-6-9-16-12-25(13-17(16)18)11-15-7-4-3-5-8-15/h3-5,7-8,14,16-18,20H,6,9-13H2,1-2H3/t14-,16-,17-,18+/m0/s1. The number of hydrogen-bond acceptors (Lipinski definition) is 5. The molecule has 0 unspecified atom stereocenters. The highest BCUT2D eigenvalue weighted by molar-refractivity contribution is 5.15. The molecule has 0 radical (unpaired) electrons. The van der Waals surface area contributed by atoms with Gasteiger partial charge in [0, 0.05) is 32.7 Å². The third kappa shape index (κ3) is 3.60. The van der Waals surface area contributed by atoms with E-state index >= 15 is 0 Å². The summed E-state index contributed by atoms with van der Waals surface area (Å²) in [7, 11) is 1.91. The highest BCUT2D eigenvalue weighted by atomic mass is 15.5. The lowest BCUT2D eigenvalue weighted by Crippen LogP contribution is -2.44. The molecule has 4 atom stereocenters. The first-order chi connectivity index (χ1) is 12.2. The van der Waals surface area contributed by atoms with Gasteiger partial charge in [-0.15, -0.1) is 5.10 Å². The van der Waals surface area contributed by atoms with E-state index < -0.39 is 0 Å². The molecule has 2 aliphatic rings. The van der Waals surface area contributed by atoms with Crippen molar-refractivity contribution in [2.45, 2.75) is 44.8 Å². The second-order valence-corrected chi connectivity index (χ2v) is 7.69. The van der Waals surface area contributed by atoms with Gasteiger partial charge in [-0.3, -0.25) is 4.90 Å². The molecule has 0 spiro atoms. The SMILES string of the molecule is C[C@H](N[C@@H]1CCC[C@H]2CN(Cc3ccccc3)C[C@@H]21)c1nnnn1C. The van der Waals surface area contributed by atoms with Gasteiger partial charge in [-0.05, 0) is 47.6 Å². The van der Waals surface area contributed by atoms with Crippen LogP contribution in [0.1, 0.15) is 43.6 Å². The van der Waals surface area contributed by atoms with Crippen molar-refractivity contribution in [2.75, 3.05) is 13.1 Å². The maximum absolute atomic E-state index is 4.17. The van der Waals surface area contributed by atoms with Crippen LogP contribution >= 0.6 is 0 Å². The van der Waals surface area contributed by atoms with Gasteiger partial charge in [-0.2, -0.15) is 0 Å². The van der Waals surface area contributed by atoms with E-state index in [1.54, 1.807) is 4.68 Å². The molecule has 6 nitrogen and oxygen atoms in total. The van der Waals surface area contributed by atoms with Crippen LogP contribution < -0.4 is 5.32 Å². The van der Waals surface area contributed by atoms with Gasteiger partial charge in [0.05, 0.1) is 6.04 Å². The Labute approximate surface area is 149 Å². The first-order valence-electron chi connectivity index (χ1n) is 9.45. The molecule has 25 heavy (non-hydrogen) atoms. The molecular formula is C19H28N6. The molecule has 1 aliphatic carbocycles. The normalized spacial score (nSPS) is 28.0. The first kappa shape index (κ1) is 16.7. The van der Waals surface area contributed by atoms with Gasteiger partial charge in [-0.1, -0.05) is 36.8 Å². The third-order valence-corrected chi connectivity index (χ3v) is 5.93. The maximum Gasteiger partial charge on any atom is 0.167 e. The summed E-state index contributed by atoms with van der Waals surface area (Å²) >= 11 is 0. The minimum atomic E-state index is 0.187.